The maximum atomic E-state index is 14.0. The van der Waals surface area contributed by atoms with Gasteiger partial charge in [-0.1, -0.05) is 0 Å². The molecule has 3 N–H and O–H groups in total. The summed E-state index contributed by atoms with van der Waals surface area (Å²) in [5, 5.41) is 14.5. The molecule has 12 heteroatoms. The Labute approximate surface area is 161 Å². The van der Waals surface area contributed by atoms with Crippen LogP contribution in [0.1, 0.15) is 5.56 Å². The van der Waals surface area contributed by atoms with Gasteiger partial charge in [0.15, 0.2) is 17.9 Å². The fourth-order valence-corrected chi connectivity index (χ4v) is 2.59. The van der Waals surface area contributed by atoms with Gasteiger partial charge in [-0.15, -0.1) is 0 Å². The van der Waals surface area contributed by atoms with Gasteiger partial charge in [0.25, 0.3) is 0 Å². The van der Waals surface area contributed by atoms with Gasteiger partial charge in [0.2, 0.25) is 11.8 Å². The number of nitrogens with zero attached hydrogens (tertiary/aromatic N) is 2. The zero-order valence-electron chi connectivity index (χ0n) is 14.8. The van der Waals surface area contributed by atoms with Crippen molar-refractivity contribution < 1.29 is 36.6 Å². The van der Waals surface area contributed by atoms with E-state index in [0.717, 1.165) is 12.1 Å². The fraction of sp³-hybridized carbons (Fsp3) is 0.294. The summed E-state index contributed by atoms with van der Waals surface area (Å²) in [7, 11) is 1.47. The first kappa shape index (κ1) is 20.9. The second-order valence-corrected chi connectivity index (χ2v) is 6.20. The molecule has 0 radical (unpaired) electrons. The van der Waals surface area contributed by atoms with E-state index < -0.39 is 53.1 Å². The number of anilines is 1. The van der Waals surface area contributed by atoms with E-state index in [-0.39, 0.29) is 12.4 Å². The maximum absolute atomic E-state index is 14.0. The van der Waals surface area contributed by atoms with Crippen molar-refractivity contribution in [3.8, 4) is 11.6 Å². The van der Waals surface area contributed by atoms with E-state index in [0.29, 0.717) is 18.3 Å². The van der Waals surface area contributed by atoms with E-state index in [1.807, 2.05) is 0 Å². The van der Waals surface area contributed by atoms with Crippen molar-refractivity contribution >= 4 is 11.6 Å². The first-order chi connectivity index (χ1) is 13.6. The molecule has 1 aliphatic heterocycles. The number of carbonyl (C=O) groups is 1. The van der Waals surface area contributed by atoms with Gasteiger partial charge in [0.1, 0.15) is 11.9 Å². The second-order valence-electron chi connectivity index (χ2n) is 6.20. The highest BCUT2D eigenvalue weighted by molar-refractivity contribution is 5.95. The van der Waals surface area contributed by atoms with E-state index in [2.05, 4.69) is 15.6 Å². The zero-order valence-corrected chi connectivity index (χ0v) is 14.8. The molecule has 1 saturated heterocycles. The lowest BCUT2D eigenvalue weighted by Crippen LogP contribution is -2.42. The van der Waals surface area contributed by atoms with Gasteiger partial charge in [0.05, 0.1) is 11.3 Å². The minimum Gasteiger partial charge on any atom is -0.436 e. The summed E-state index contributed by atoms with van der Waals surface area (Å²) < 4.78 is 70.8. The molecule has 0 spiro atoms. The molecule has 0 aliphatic carbocycles. The number of hydrogen-bond acceptors (Lipinski definition) is 6. The molecule has 1 aliphatic rings. The molecule has 1 aromatic heterocycles. The smallest absolute Gasteiger partial charge is 0.417 e. The van der Waals surface area contributed by atoms with Crippen LogP contribution in [0.4, 0.5) is 27.6 Å². The van der Waals surface area contributed by atoms with Crippen LogP contribution < -0.4 is 15.4 Å². The molecule has 1 unspecified atom stereocenters. The number of pyridine rings is 1. The van der Waals surface area contributed by atoms with Crippen LogP contribution in [0.15, 0.2) is 30.5 Å². The van der Waals surface area contributed by atoms with Crippen LogP contribution in [0.2, 0.25) is 0 Å². The third-order valence-corrected chi connectivity index (χ3v) is 4.23. The summed E-state index contributed by atoms with van der Waals surface area (Å²) >= 11 is 0. The van der Waals surface area contributed by atoms with Gasteiger partial charge in [-0.2, -0.15) is 13.2 Å². The molecular weight excluding hydrogens is 403 g/mol. The Hall–Kier alpha value is -2.83. The third-order valence-electron chi connectivity index (χ3n) is 4.23. The van der Waals surface area contributed by atoms with Gasteiger partial charge in [0, 0.05) is 30.9 Å². The number of benzene rings is 1. The van der Waals surface area contributed by atoms with Gasteiger partial charge in [-0.25, -0.2) is 13.8 Å². The Morgan fingerprint density at radius 3 is 2.59 bits per heavy atom. The number of amides is 1. The van der Waals surface area contributed by atoms with Crippen LogP contribution in [0, 0.1) is 11.6 Å². The predicted octanol–water partition coefficient (Wildman–Crippen LogP) is 2.29. The highest BCUT2D eigenvalue weighted by atomic mass is 19.4. The summed E-state index contributed by atoms with van der Waals surface area (Å²) in [6.45, 7) is 0.102. The summed E-state index contributed by atoms with van der Waals surface area (Å²) in [5.74, 6) is -3.80. The van der Waals surface area contributed by atoms with Crippen molar-refractivity contribution in [1.82, 2.24) is 15.2 Å². The van der Waals surface area contributed by atoms with Gasteiger partial charge in [-0.05, 0) is 13.1 Å². The number of halogens is 5. The SMILES string of the molecule is CN1C(O)NC[C@H]1C(=O)Nc1cc(Oc2ccc(C(F)(F)F)cn2)c(F)cc1F. The van der Waals surface area contributed by atoms with Crippen molar-refractivity contribution in [2.45, 2.75) is 18.6 Å². The first-order valence-electron chi connectivity index (χ1n) is 8.20. The number of aromatic nitrogens is 1. The normalized spacial score (nSPS) is 20.0. The molecule has 1 aromatic carbocycles. The number of alkyl halides is 3. The average molecular weight is 418 g/mol. The van der Waals surface area contributed by atoms with Crippen LogP contribution in [-0.2, 0) is 11.0 Å². The van der Waals surface area contributed by atoms with Gasteiger partial charge in [-0.3, -0.25) is 15.0 Å². The van der Waals surface area contributed by atoms with E-state index in [4.69, 9.17) is 4.74 Å². The molecule has 0 bridgehead atoms. The Kier molecular flexibility index (Phi) is 5.68. The van der Waals surface area contributed by atoms with E-state index >= 15 is 0 Å². The largest absolute Gasteiger partial charge is 0.436 e. The summed E-state index contributed by atoms with van der Waals surface area (Å²) in [6, 6.07) is 2.07. The van der Waals surface area contributed by atoms with E-state index in [1.165, 1.54) is 11.9 Å². The number of nitrogens with one attached hydrogen (secondary N) is 2. The van der Waals surface area contributed by atoms with Crippen molar-refractivity contribution in [1.29, 1.82) is 0 Å². The molecule has 1 fully saturated rings. The lowest BCUT2D eigenvalue weighted by atomic mass is 10.2. The Balaban J connectivity index is 1.78. The zero-order chi connectivity index (χ0) is 21.3. The monoisotopic (exact) mass is 418 g/mol. The van der Waals surface area contributed by atoms with E-state index in [9.17, 15) is 31.9 Å². The minimum atomic E-state index is -4.60. The van der Waals surface area contributed by atoms with Crippen molar-refractivity contribution in [3.63, 3.8) is 0 Å². The summed E-state index contributed by atoms with van der Waals surface area (Å²) in [5.41, 5.74) is -1.43. The highest BCUT2D eigenvalue weighted by Crippen LogP contribution is 2.32. The molecule has 156 valence electrons. The molecule has 7 nitrogen and oxygen atoms in total. The number of aliphatic hydroxyl groups is 1. The summed E-state index contributed by atoms with van der Waals surface area (Å²) in [4.78, 5) is 17.0. The van der Waals surface area contributed by atoms with Gasteiger partial charge < -0.3 is 15.2 Å². The molecule has 3 rings (SSSR count). The lowest BCUT2D eigenvalue weighted by Gasteiger charge is -2.20. The molecule has 1 amide bonds. The molecule has 2 heterocycles. The number of carbonyl (C=O) groups excluding carboxylic acids is 1. The molecule has 2 aromatic rings. The van der Waals surface area contributed by atoms with Crippen LogP contribution in [0.5, 0.6) is 11.6 Å². The maximum Gasteiger partial charge on any atom is 0.417 e. The van der Waals surface area contributed by atoms with Crippen LogP contribution in [0.25, 0.3) is 0 Å². The Bertz CT molecular complexity index is 907. The number of ether oxygens (including phenoxy) is 1. The quantitative estimate of drug-likeness (QED) is 0.661. The van der Waals surface area contributed by atoms with Crippen LogP contribution >= 0.6 is 0 Å². The molecule has 29 heavy (non-hydrogen) atoms. The molecular formula is C17H15F5N4O3. The summed E-state index contributed by atoms with van der Waals surface area (Å²) in [6.07, 6.45) is -5.14. The topological polar surface area (TPSA) is 86.7 Å². The highest BCUT2D eigenvalue weighted by Gasteiger charge is 2.34. The second kappa shape index (κ2) is 7.89. The Morgan fingerprint density at radius 1 is 1.31 bits per heavy atom. The fourth-order valence-electron chi connectivity index (χ4n) is 2.59. The van der Waals surface area contributed by atoms with Crippen LogP contribution in [0.3, 0.4) is 0 Å². The lowest BCUT2D eigenvalue weighted by molar-refractivity contribution is -0.137. The van der Waals surface area contributed by atoms with Crippen LogP contribution in [-0.4, -0.2) is 46.9 Å². The van der Waals surface area contributed by atoms with Crippen molar-refractivity contribution in [2.75, 3.05) is 18.9 Å². The van der Waals surface area contributed by atoms with E-state index in [1.54, 1.807) is 0 Å². The predicted molar refractivity (Wildman–Crippen MR) is 89.9 cm³/mol. The number of likely N-dealkylation sites (N-methyl/N-ethyl adjacent to an activating group) is 1. The van der Waals surface area contributed by atoms with Crippen molar-refractivity contribution in [3.05, 3.63) is 47.7 Å². The number of aliphatic hydroxyl groups excluding tert-OH is 1. The molecule has 2 atom stereocenters. The Morgan fingerprint density at radius 2 is 2.03 bits per heavy atom. The average Bonchev–Trinajstić information content (AvgIpc) is 2.98. The standard InChI is InChI=1S/C17H15F5N4O3/c1-26-12(7-24-16(26)28)15(27)25-11-5-13(10(19)4-9(11)18)29-14-3-2-8(6-23-14)17(20,21)22/h2-6,12,16,24,28H,7H2,1H3,(H,25,27)/t12-,16?/m0/s1. The third kappa shape index (κ3) is 4.60. The number of hydrogen-bond donors (Lipinski definition) is 3. The van der Waals surface area contributed by atoms with Crippen molar-refractivity contribution in [2.24, 2.45) is 0 Å². The minimum absolute atomic E-state index is 0.102. The number of rotatable bonds is 4. The first-order valence-corrected chi connectivity index (χ1v) is 8.20. The molecule has 0 saturated carbocycles. The van der Waals surface area contributed by atoms with Gasteiger partial charge >= 0.3 is 6.18 Å².